The largest absolute Gasteiger partial charge is 0.508 e. The van der Waals surface area contributed by atoms with Crippen molar-refractivity contribution in [3.05, 3.63) is 54.1 Å². The van der Waals surface area contributed by atoms with Crippen molar-refractivity contribution in [1.29, 1.82) is 0 Å². The number of piperazine rings is 1. The van der Waals surface area contributed by atoms with Crippen LogP contribution in [0.4, 0.5) is 5.69 Å². The maximum absolute atomic E-state index is 9.57. The summed E-state index contributed by atoms with van der Waals surface area (Å²) in [5.41, 5.74) is 2.35. The number of benzene rings is 2. The van der Waals surface area contributed by atoms with Crippen molar-refractivity contribution in [3.8, 4) is 11.5 Å². The van der Waals surface area contributed by atoms with E-state index in [-0.39, 0.29) is 0 Å². The van der Waals surface area contributed by atoms with Crippen LogP contribution in [0.5, 0.6) is 11.5 Å². The Labute approximate surface area is 137 Å². The molecule has 0 aliphatic carbocycles. The molecule has 1 heterocycles. The first kappa shape index (κ1) is 15.7. The summed E-state index contributed by atoms with van der Waals surface area (Å²) < 4.78 is 5.74. The Balaban J connectivity index is 1.60. The Bertz CT molecular complexity index is 637. The zero-order chi connectivity index (χ0) is 16.1. The number of nitrogens with zero attached hydrogens (tertiary/aromatic N) is 2. The van der Waals surface area contributed by atoms with Gasteiger partial charge in [0.2, 0.25) is 0 Å². The number of hydrogen-bond donors (Lipinski definition) is 1. The minimum absolute atomic E-state index is 0.340. The Morgan fingerprint density at radius 3 is 2.52 bits per heavy atom. The maximum Gasteiger partial charge on any atom is 0.142 e. The van der Waals surface area contributed by atoms with Crippen LogP contribution in [0.1, 0.15) is 12.5 Å². The zero-order valence-corrected chi connectivity index (χ0v) is 13.6. The number of rotatable bonds is 5. The topological polar surface area (TPSA) is 35.9 Å². The lowest BCUT2D eigenvalue weighted by molar-refractivity contribution is 0.248. The molecule has 1 saturated heterocycles. The van der Waals surface area contributed by atoms with E-state index < -0.39 is 0 Å². The van der Waals surface area contributed by atoms with Gasteiger partial charge in [-0.15, -0.1) is 0 Å². The summed E-state index contributed by atoms with van der Waals surface area (Å²) in [6.45, 7) is 7.59. The second-order valence-electron chi connectivity index (χ2n) is 5.83. The van der Waals surface area contributed by atoms with Crippen molar-refractivity contribution in [3.63, 3.8) is 0 Å². The number of phenolic OH excluding ortho intramolecular Hbond substituents is 1. The quantitative estimate of drug-likeness (QED) is 0.920. The molecule has 4 nitrogen and oxygen atoms in total. The van der Waals surface area contributed by atoms with Gasteiger partial charge in [0.1, 0.15) is 11.5 Å². The van der Waals surface area contributed by atoms with Crippen LogP contribution < -0.4 is 9.64 Å². The average Bonchev–Trinajstić information content (AvgIpc) is 2.57. The third-order valence-corrected chi connectivity index (χ3v) is 4.19. The van der Waals surface area contributed by atoms with E-state index in [4.69, 9.17) is 4.74 Å². The van der Waals surface area contributed by atoms with Crippen molar-refractivity contribution in [2.45, 2.75) is 13.5 Å². The molecule has 0 amide bonds. The van der Waals surface area contributed by atoms with Gasteiger partial charge in [0.05, 0.1) is 12.3 Å². The van der Waals surface area contributed by atoms with E-state index in [2.05, 4.69) is 28.0 Å². The summed E-state index contributed by atoms with van der Waals surface area (Å²) in [7, 11) is 0. The molecular weight excluding hydrogens is 288 g/mol. The van der Waals surface area contributed by atoms with Gasteiger partial charge in [0, 0.05) is 32.7 Å². The molecule has 122 valence electrons. The first-order valence-corrected chi connectivity index (χ1v) is 8.23. The lowest BCUT2D eigenvalue weighted by atomic mass is 10.1. The fraction of sp³-hybridized carbons (Fsp3) is 0.368. The van der Waals surface area contributed by atoms with Crippen LogP contribution in [0.2, 0.25) is 0 Å². The number of aromatic hydroxyl groups is 1. The van der Waals surface area contributed by atoms with Crippen LogP contribution in [0.3, 0.4) is 0 Å². The number of hydrogen-bond acceptors (Lipinski definition) is 4. The fourth-order valence-corrected chi connectivity index (χ4v) is 3.06. The van der Waals surface area contributed by atoms with E-state index in [1.165, 1.54) is 5.69 Å². The molecule has 4 heteroatoms. The molecule has 0 unspecified atom stereocenters. The molecule has 1 fully saturated rings. The van der Waals surface area contributed by atoms with Crippen molar-refractivity contribution in [2.75, 3.05) is 37.7 Å². The third kappa shape index (κ3) is 3.96. The molecule has 2 aromatic rings. The highest BCUT2D eigenvalue weighted by Crippen LogP contribution is 2.29. The summed E-state index contributed by atoms with van der Waals surface area (Å²) >= 11 is 0. The molecule has 0 aromatic heterocycles. The zero-order valence-electron chi connectivity index (χ0n) is 13.6. The smallest absolute Gasteiger partial charge is 0.142 e. The standard InChI is InChI=1S/C19H24N2O2/c1-2-23-19-9-4-3-8-18(19)21-12-10-20(11-13-21)15-16-6-5-7-17(22)14-16/h3-9,14,22H,2,10-13,15H2,1H3. The first-order valence-electron chi connectivity index (χ1n) is 8.23. The molecule has 3 rings (SSSR count). The Morgan fingerprint density at radius 2 is 1.78 bits per heavy atom. The Hall–Kier alpha value is -2.20. The summed E-state index contributed by atoms with van der Waals surface area (Å²) in [6.07, 6.45) is 0. The van der Waals surface area contributed by atoms with Crippen LogP contribution >= 0.6 is 0 Å². The highest BCUT2D eigenvalue weighted by Gasteiger charge is 2.19. The number of para-hydroxylation sites is 2. The van der Waals surface area contributed by atoms with E-state index in [1.54, 1.807) is 6.07 Å². The van der Waals surface area contributed by atoms with E-state index in [0.29, 0.717) is 12.4 Å². The SMILES string of the molecule is CCOc1ccccc1N1CCN(Cc2cccc(O)c2)CC1. The minimum Gasteiger partial charge on any atom is -0.508 e. The molecule has 0 spiro atoms. The van der Waals surface area contributed by atoms with Gasteiger partial charge >= 0.3 is 0 Å². The van der Waals surface area contributed by atoms with Crippen LogP contribution in [-0.2, 0) is 6.54 Å². The lowest BCUT2D eigenvalue weighted by Crippen LogP contribution is -2.46. The molecule has 1 aliphatic rings. The van der Waals surface area contributed by atoms with E-state index in [1.807, 2.05) is 31.2 Å². The molecular formula is C19H24N2O2. The van der Waals surface area contributed by atoms with Gasteiger partial charge in [-0.05, 0) is 36.8 Å². The predicted octanol–water partition coefficient (Wildman–Crippen LogP) is 3.11. The lowest BCUT2D eigenvalue weighted by Gasteiger charge is -2.36. The second-order valence-corrected chi connectivity index (χ2v) is 5.83. The van der Waals surface area contributed by atoms with E-state index in [0.717, 1.165) is 44.0 Å². The van der Waals surface area contributed by atoms with E-state index in [9.17, 15) is 5.11 Å². The van der Waals surface area contributed by atoms with Crippen molar-refractivity contribution < 1.29 is 9.84 Å². The third-order valence-electron chi connectivity index (χ3n) is 4.19. The molecule has 0 bridgehead atoms. The Kier molecular flexibility index (Phi) is 5.03. The van der Waals surface area contributed by atoms with Crippen molar-refractivity contribution in [1.82, 2.24) is 4.90 Å². The first-order chi connectivity index (χ1) is 11.3. The van der Waals surface area contributed by atoms with Crippen LogP contribution in [0, 0.1) is 0 Å². The van der Waals surface area contributed by atoms with Gasteiger partial charge in [0.25, 0.3) is 0 Å². The monoisotopic (exact) mass is 312 g/mol. The molecule has 1 N–H and O–H groups in total. The van der Waals surface area contributed by atoms with Gasteiger partial charge in [-0.1, -0.05) is 24.3 Å². The number of phenols is 1. The normalized spacial score (nSPS) is 15.6. The molecule has 1 aliphatic heterocycles. The molecule has 0 radical (unpaired) electrons. The van der Waals surface area contributed by atoms with Gasteiger partial charge in [-0.25, -0.2) is 0 Å². The molecule has 2 aromatic carbocycles. The van der Waals surface area contributed by atoms with Gasteiger partial charge < -0.3 is 14.7 Å². The Morgan fingerprint density at radius 1 is 1.00 bits per heavy atom. The highest BCUT2D eigenvalue weighted by atomic mass is 16.5. The van der Waals surface area contributed by atoms with Crippen molar-refractivity contribution in [2.24, 2.45) is 0 Å². The minimum atomic E-state index is 0.340. The predicted molar refractivity (Wildman–Crippen MR) is 93.2 cm³/mol. The molecule has 0 atom stereocenters. The molecule has 0 saturated carbocycles. The van der Waals surface area contributed by atoms with Crippen molar-refractivity contribution >= 4 is 5.69 Å². The van der Waals surface area contributed by atoms with E-state index >= 15 is 0 Å². The van der Waals surface area contributed by atoms with Gasteiger partial charge in [-0.2, -0.15) is 0 Å². The summed E-state index contributed by atoms with van der Waals surface area (Å²) in [5, 5.41) is 9.57. The molecule has 23 heavy (non-hydrogen) atoms. The summed E-state index contributed by atoms with van der Waals surface area (Å²) in [4.78, 5) is 4.82. The number of anilines is 1. The van der Waals surface area contributed by atoms with Gasteiger partial charge in [0.15, 0.2) is 0 Å². The highest BCUT2D eigenvalue weighted by molar-refractivity contribution is 5.58. The fourth-order valence-electron chi connectivity index (χ4n) is 3.06. The van der Waals surface area contributed by atoms with Gasteiger partial charge in [-0.3, -0.25) is 4.90 Å². The van der Waals surface area contributed by atoms with Crippen LogP contribution in [0.25, 0.3) is 0 Å². The second kappa shape index (κ2) is 7.38. The summed E-state index contributed by atoms with van der Waals surface area (Å²) in [5.74, 6) is 1.31. The number of ether oxygens (including phenoxy) is 1. The average molecular weight is 312 g/mol. The summed E-state index contributed by atoms with van der Waals surface area (Å²) in [6, 6.07) is 15.8. The maximum atomic E-state index is 9.57. The van der Waals surface area contributed by atoms with Crippen LogP contribution in [0.15, 0.2) is 48.5 Å². The van der Waals surface area contributed by atoms with Crippen LogP contribution in [-0.4, -0.2) is 42.8 Å².